The Morgan fingerprint density at radius 1 is 1.16 bits per heavy atom. The van der Waals surface area contributed by atoms with Gasteiger partial charge in [-0.15, -0.1) is 0 Å². The van der Waals surface area contributed by atoms with Gasteiger partial charge in [-0.1, -0.05) is 0 Å². The maximum Gasteiger partial charge on any atom is 0.257 e. The third kappa shape index (κ3) is 3.47. The van der Waals surface area contributed by atoms with Crippen LogP contribution in [0.2, 0.25) is 0 Å². The van der Waals surface area contributed by atoms with Crippen molar-refractivity contribution in [3.63, 3.8) is 0 Å². The zero-order valence-corrected chi connectivity index (χ0v) is 17.6. The van der Waals surface area contributed by atoms with Gasteiger partial charge in [-0.2, -0.15) is 5.10 Å². The van der Waals surface area contributed by atoms with Gasteiger partial charge in [0, 0.05) is 17.8 Å². The largest absolute Gasteiger partial charge is 0.504 e. The Labute approximate surface area is 183 Å². The fraction of sp³-hybridized carbons (Fsp3) is 0.217. The average molecular weight is 431 g/mol. The lowest BCUT2D eigenvalue weighted by molar-refractivity contribution is 0.102. The quantitative estimate of drug-likeness (QED) is 0.505. The molecule has 1 amide bonds. The Balaban J connectivity index is 1.64. The van der Waals surface area contributed by atoms with Crippen LogP contribution in [-0.4, -0.2) is 44.0 Å². The lowest BCUT2D eigenvalue weighted by Crippen LogP contribution is -2.15. The van der Waals surface area contributed by atoms with Crippen molar-refractivity contribution in [1.82, 2.24) is 19.7 Å². The molecule has 0 radical (unpaired) electrons. The van der Waals surface area contributed by atoms with Crippen molar-refractivity contribution in [3.8, 4) is 28.5 Å². The molecule has 0 spiro atoms. The summed E-state index contributed by atoms with van der Waals surface area (Å²) in [7, 11) is 0. The van der Waals surface area contributed by atoms with Gasteiger partial charge < -0.3 is 19.9 Å². The SMILES string of the molecule is CC(C)n1ncc2c(C(=O)Nc3ncccc3O)cc(-c3ccc4c(c3)OCCO4)nc21. The molecule has 9 heteroatoms. The predicted molar refractivity (Wildman–Crippen MR) is 118 cm³/mol. The van der Waals surface area contributed by atoms with Crippen molar-refractivity contribution in [2.24, 2.45) is 0 Å². The summed E-state index contributed by atoms with van der Waals surface area (Å²) in [5, 5.41) is 17.7. The van der Waals surface area contributed by atoms with Gasteiger partial charge in [0.15, 0.2) is 28.7 Å². The van der Waals surface area contributed by atoms with Crippen molar-refractivity contribution >= 4 is 22.8 Å². The van der Waals surface area contributed by atoms with Crippen LogP contribution in [0.5, 0.6) is 17.2 Å². The summed E-state index contributed by atoms with van der Waals surface area (Å²) in [6, 6.07) is 10.4. The standard InChI is InChI=1S/C23H21N5O4/c1-13(2)28-22-16(12-25-28)15(23(30)27-21-18(29)4-3-7-24-21)11-17(26-22)14-5-6-19-20(10-14)32-9-8-31-19/h3-7,10-13,29H,8-9H2,1-2H3,(H,24,27,30). The highest BCUT2D eigenvalue weighted by molar-refractivity contribution is 6.12. The van der Waals surface area contributed by atoms with Crippen LogP contribution in [0.15, 0.2) is 48.8 Å². The van der Waals surface area contributed by atoms with Crippen molar-refractivity contribution in [1.29, 1.82) is 0 Å². The van der Waals surface area contributed by atoms with Gasteiger partial charge in [-0.05, 0) is 50.2 Å². The van der Waals surface area contributed by atoms with E-state index in [1.807, 2.05) is 32.0 Å². The number of fused-ring (bicyclic) bond motifs is 2. The van der Waals surface area contributed by atoms with Crippen molar-refractivity contribution in [2.75, 3.05) is 18.5 Å². The molecule has 0 saturated carbocycles. The molecule has 162 valence electrons. The first-order valence-corrected chi connectivity index (χ1v) is 10.2. The molecule has 0 unspecified atom stereocenters. The number of rotatable bonds is 4. The monoisotopic (exact) mass is 431 g/mol. The number of aromatic hydroxyl groups is 1. The van der Waals surface area contributed by atoms with E-state index in [9.17, 15) is 9.90 Å². The van der Waals surface area contributed by atoms with Gasteiger partial charge in [0.05, 0.1) is 22.8 Å². The van der Waals surface area contributed by atoms with E-state index in [1.165, 1.54) is 12.3 Å². The summed E-state index contributed by atoms with van der Waals surface area (Å²) < 4.78 is 13.1. The number of hydrogen-bond donors (Lipinski definition) is 2. The van der Waals surface area contributed by atoms with Crippen LogP contribution >= 0.6 is 0 Å². The number of nitrogens with zero attached hydrogens (tertiary/aromatic N) is 4. The molecule has 5 rings (SSSR count). The van der Waals surface area contributed by atoms with E-state index in [4.69, 9.17) is 14.5 Å². The van der Waals surface area contributed by atoms with E-state index in [1.54, 1.807) is 23.0 Å². The molecule has 2 N–H and O–H groups in total. The lowest BCUT2D eigenvalue weighted by atomic mass is 10.1. The van der Waals surface area contributed by atoms with E-state index in [-0.39, 0.29) is 17.6 Å². The number of hydrogen-bond acceptors (Lipinski definition) is 7. The number of amides is 1. The fourth-order valence-corrected chi connectivity index (χ4v) is 3.60. The van der Waals surface area contributed by atoms with Gasteiger partial charge >= 0.3 is 0 Å². The minimum atomic E-state index is -0.423. The summed E-state index contributed by atoms with van der Waals surface area (Å²) >= 11 is 0. The van der Waals surface area contributed by atoms with Crippen LogP contribution < -0.4 is 14.8 Å². The average Bonchev–Trinajstić information content (AvgIpc) is 3.24. The summed E-state index contributed by atoms with van der Waals surface area (Å²) in [6.07, 6.45) is 3.12. The van der Waals surface area contributed by atoms with Gasteiger partial charge in [-0.3, -0.25) is 4.79 Å². The molecule has 0 aliphatic carbocycles. The Hall–Kier alpha value is -4.14. The van der Waals surface area contributed by atoms with Crippen molar-refractivity contribution < 1.29 is 19.4 Å². The smallest absolute Gasteiger partial charge is 0.257 e. The lowest BCUT2D eigenvalue weighted by Gasteiger charge is -2.19. The molecule has 9 nitrogen and oxygen atoms in total. The predicted octanol–water partition coefficient (Wildman–Crippen LogP) is 3.80. The van der Waals surface area contributed by atoms with Crippen LogP contribution in [0.4, 0.5) is 5.82 Å². The topological polar surface area (TPSA) is 111 Å². The van der Waals surface area contributed by atoms with E-state index in [2.05, 4.69) is 15.4 Å². The Kier molecular flexibility index (Phi) is 4.85. The molecule has 0 bridgehead atoms. The first-order valence-electron chi connectivity index (χ1n) is 10.2. The van der Waals surface area contributed by atoms with Crippen LogP contribution in [0.3, 0.4) is 0 Å². The number of nitrogens with one attached hydrogen (secondary N) is 1. The molecule has 3 aromatic heterocycles. The van der Waals surface area contributed by atoms with Gasteiger partial charge in [0.2, 0.25) is 0 Å². The fourth-order valence-electron chi connectivity index (χ4n) is 3.60. The summed E-state index contributed by atoms with van der Waals surface area (Å²) in [5.41, 5.74) is 2.33. The maximum atomic E-state index is 13.2. The minimum absolute atomic E-state index is 0.0475. The molecule has 4 aromatic rings. The van der Waals surface area contributed by atoms with Crippen LogP contribution in [0.1, 0.15) is 30.2 Å². The summed E-state index contributed by atoms with van der Waals surface area (Å²) in [5.74, 6) is 0.860. The molecule has 1 aromatic carbocycles. The number of carbonyl (C=O) groups excluding carboxylic acids is 1. The van der Waals surface area contributed by atoms with Crippen LogP contribution in [0.25, 0.3) is 22.3 Å². The van der Waals surface area contributed by atoms with Gasteiger partial charge in [-0.25, -0.2) is 14.6 Å². The number of anilines is 1. The van der Waals surface area contributed by atoms with Crippen molar-refractivity contribution in [2.45, 2.75) is 19.9 Å². The van der Waals surface area contributed by atoms with Crippen LogP contribution in [-0.2, 0) is 0 Å². The summed E-state index contributed by atoms with van der Waals surface area (Å²) in [6.45, 7) is 4.98. The molecule has 1 aliphatic heterocycles. The second kappa shape index (κ2) is 7.84. The molecule has 32 heavy (non-hydrogen) atoms. The third-order valence-electron chi connectivity index (χ3n) is 5.16. The molecule has 0 fully saturated rings. The van der Waals surface area contributed by atoms with Gasteiger partial charge in [0.25, 0.3) is 5.91 Å². The molecule has 0 saturated heterocycles. The highest BCUT2D eigenvalue weighted by atomic mass is 16.6. The van der Waals surface area contributed by atoms with E-state index in [0.29, 0.717) is 47.0 Å². The number of carbonyl (C=O) groups is 1. The number of aromatic nitrogens is 4. The Morgan fingerprint density at radius 2 is 1.97 bits per heavy atom. The number of benzene rings is 1. The van der Waals surface area contributed by atoms with Crippen molar-refractivity contribution in [3.05, 3.63) is 54.4 Å². The number of pyridine rings is 2. The number of ether oxygens (including phenoxy) is 2. The van der Waals surface area contributed by atoms with E-state index in [0.717, 1.165) is 5.56 Å². The second-order valence-corrected chi connectivity index (χ2v) is 7.66. The first-order chi connectivity index (χ1) is 15.5. The molecule has 4 heterocycles. The Morgan fingerprint density at radius 3 is 2.75 bits per heavy atom. The zero-order chi connectivity index (χ0) is 22.2. The highest BCUT2D eigenvalue weighted by Crippen LogP contribution is 2.35. The van der Waals surface area contributed by atoms with E-state index >= 15 is 0 Å². The van der Waals surface area contributed by atoms with E-state index < -0.39 is 5.91 Å². The van der Waals surface area contributed by atoms with Gasteiger partial charge in [0.1, 0.15) is 13.2 Å². The molecule has 1 aliphatic rings. The first kappa shape index (κ1) is 19.8. The highest BCUT2D eigenvalue weighted by Gasteiger charge is 2.21. The third-order valence-corrected chi connectivity index (χ3v) is 5.16. The summed E-state index contributed by atoms with van der Waals surface area (Å²) in [4.78, 5) is 22.0. The maximum absolute atomic E-state index is 13.2. The normalized spacial score (nSPS) is 12.8. The second-order valence-electron chi connectivity index (χ2n) is 7.66. The van der Waals surface area contributed by atoms with Crippen LogP contribution in [0, 0.1) is 0 Å². The molecular weight excluding hydrogens is 410 g/mol. The molecular formula is C23H21N5O4. The minimum Gasteiger partial charge on any atom is -0.504 e. The molecule has 0 atom stereocenters. The zero-order valence-electron chi connectivity index (χ0n) is 17.6. The Bertz CT molecular complexity index is 1330.